The number of esters is 1. The van der Waals surface area contributed by atoms with Crippen LogP contribution in [0.5, 0.6) is 0 Å². The summed E-state index contributed by atoms with van der Waals surface area (Å²) in [5.74, 6) is 0.494. The van der Waals surface area contributed by atoms with Gasteiger partial charge in [0.05, 0.1) is 18.8 Å². The second-order valence-corrected chi connectivity index (χ2v) is 28.7. The average Bonchev–Trinajstić information content (AvgIpc) is 3.49. The zero-order valence-corrected chi connectivity index (χ0v) is 39.8. The van der Waals surface area contributed by atoms with Gasteiger partial charge in [0.25, 0.3) is 8.32 Å². The normalized spacial score (nSPS) is 20.0. The van der Waals surface area contributed by atoms with Crippen LogP contribution in [0, 0.1) is 11.8 Å². The van der Waals surface area contributed by atoms with Gasteiger partial charge >= 0.3 is 5.97 Å². The van der Waals surface area contributed by atoms with Crippen LogP contribution in [0.3, 0.4) is 0 Å². The van der Waals surface area contributed by atoms with Crippen molar-refractivity contribution in [1.29, 1.82) is 0 Å². The summed E-state index contributed by atoms with van der Waals surface area (Å²) in [7, 11) is -5.00. The molecule has 0 spiro atoms. The lowest BCUT2D eigenvalue weighted by molar-refractivity contribution is -0.143. The van der Waals surface area contributed by atoms with Gasteiger partial charge in [0.2, 0.25) is 0 Å². The third kappa shape index (κ3) is 12.9. The standard InChI is InChI=1S/C50H74O4SSi2/c1-11-13-21-36-43-44(53-56(9,10)49(3,4)5)39-45(54-57(50(6,7)8,41-32-24-19-25-33-41)42-34-26-20-27-35-42)48(43)46(55-40-30-22-18-23-31-40)37-28-16-14-15-17-29-38-47(51)52-12-2/h14-15,18-20,22-28,30-35,37,43-46,48H,11-13,16-17,21,29,36,38-39H2,1-10H3/b15-14-,37-28-/t43-,44+,45-,46+,48-/m0/s1. The first-order valence-corrected chi connectivity index (χ1v) is 27.5. The number of thioether (sulfide) groups is 1. The minimum absolute atomic E-state index is 0.00183. The molecule has 7 heteroatoms. The molecule has 3 aromatic carbocycles. The van der Waals surface area contributed by atoms with Crippen LogP contribution in [0.4, 0.5) is 0 Å². The molecule has 4 nitrogen and oxygen atoms in total. The predicted molar refractivity (Wildman–Crippen MR) is 250 cm³/mol. The highest BCUT2D eigenvalue weighted by molar-refractivity contribution is 8.00. The van der Waals surface area contributed by atoms with Crippen LogP contribution in [0.25, 0.3) is 0 Å². The Morgan fingerprint density at radius 2 is 1.35 bits per heavy atom. The predicted octanol–water partition coefficient (Wildman–Crippen LogP) is 12.9. The van der Waals surface area contributed by atoms with E-state index in [9.17, 15) is 4.79 Å². The van der Waals surface area contributed by atoms with Crippen molar-refractivity contribution < 1.29 is 18.4 Å². The third-order valence-electron chi connectivity index (χ3n) is 12.2. The lowest BCUT2D eigenvalue weighted by Gasteiger charge is -2.46. The second kappa shape index (κ2) is 22.1. The molecule has 0 N–H and O–H groups in total. The molecule has 1 saturated carbocycles. The highest BCUT2D eigenvalue weighted by Crippen LogP contribution is 2.51. The Balaban J connectivity index is 1.85. The maximum absolute atomic E-state index is 11.8. The molecule has 1 aliphatic rings. The molecular weight excluding hydrogens is 753 g/mol. The number of benzene rings is 3. The van der Waals surface area contributed by atoms with Crippen molar-refractivity contribution in [2.45, 2.75) is 159 Å². The van der Waals surface area contributed by atoms with Crippen molar-refractivity contribution in [2.75, 3.05) is 6.61 Å². The molecule has 0 saturated heterocycles. The summed E-state index contributed by atoms with van der Waals surface area (Å²) in [5.41, 5.74) is 0. The monoisotopic (exact) mass is 826 g/mol. The number of allylic oxidation sites excluding steroid dienone is 3. The molecule has 0 amide bonds. The summed E-state index contributed by atoms with van der Waals surface area (Å²) in [5, 5.41) is 2.82. The minimum atomic E-state index is -2.88. The maximum Gasteiger partial charge on any atom is 0.305 e. The van der Waals surface area contributed by atoms with E-state index in [1.807, 2.05) is 18.7 Å². The van der Waals surface area contributed by atoms with E-state index >= 15 is 0 Å². The Bertz CT molecular complexity index is 1620. The van der Waals surface area contributed by atoms with Crippen LogP contribution in [0.15, 0.2) is 120 Å². The topological polar surface area (TPSA) is 44.8 Å². The molecule has 1 aliphatic carbocycles. The summed E-state index contributed by atoms with van der Waals surface area (Å²) < 4.78 is 20.9. The second-order valence-electron chi connectivity index (χ2n) is 18.4. The van der Waals surface area contributed by atoms with Crippen molar-refractivity contribution in [3.05, 3.63) is 115 Å². The molecule has 0 aliphatic heterocycles. The van der Waals surface area contributed by atoms with Gasteiger partial charge in [-0.1, -0.05) is 171 Å². The van der Waals surface area contributed by atoms with Gasteiger partial charge < -0.3 is 13.6 Å². The zero-order valence-electron chi connectivity index (χ0n) is 37.0. The van der Waals surface area contributed by atoms with Gasteiger partial charge in [-0.2, -0.15) is 0 Å². The van der Waals surface area contributed by atoms with Gasteiger partial charge in [-0.3, -0.25) is 4.79 Å². The van der Waals surface area contributed by atoms with Gasteiger partial charge in [-0.15, -0.1) is 11.8 Å². The number of carbonyl (C=O) groups is 1. The smallest absolute Gasteiger partial charge is 0.305 e. The highest BCUT2D eigenvalue weighted by atomic mass is 32.2. The number of hydrogen-bond acceptors (Lipinski definition) is 5. The van der Waals surface area contributed by atoms with Crippen LogP contribution in [-0.2, 0) is 18.4 Å². The molecule has 4 rings (SSSR count). The van der Waals surface area contributed by atoms with Gasteiger partial charge in [-0.25, -0.2) is 0 Å². The van der Waals surface area contributed by atoms with Gasteiger partial charge in [-0.05, 0) is 90.6 Å². The Morgan fingerprint density at radius 3 is 1.89 bits per heavy atom. The zero-order chi connectivity index (χ0) is 41.5. The molecule has 57 heavy (non-hydrogen) atoms. The van der Waals surface area contributed by atoms with E-state index < -0.39 is 16.6 Å². The Labute approximate surface area is 353 Å². The number of rotatable bonds is 21. The number of carbonyl (C=O) groups excluding carboxylic acids is 1. The molecule has 0 radical (unpaired) electrons. The molecule has 0 heterocycles. The largest absolute Gasteiger partial charge is 0.466 e. The van der Waals surface area contributed by atoms with E-state index in [0.29, 0.717) is 18.9 Å². The lowest BCUT2D eigenvalue weighted by Crippen LogP contribution is -2.68. The van der Waals surface area contributed by atoms with Crippen LogP contribution in [0.2, 0.25) is 23.2 Å². The summed E-state index contributed by atoms with van der Waals surface area (Å²) in [6, 6.07) is 33.3. The van der Waals surface area contributed by atoms with Crippen LogP contribution >= 0.6 is 11.8 Å². The van der Waals surface area contributed by atoms with Gasteiger partial charge in [0.15, 0.2) is 8.32 Å². The lowest BCUT2D eigenvalue weighted by atomic mass is 9.86. The summed E-state index contributed by atoms with van der Waals surface area (Å²) >= 11 is 1.99. The quantitative estimate of drug-likeness (QED) is 0.0352. The van der Waals surface area contributed by atoms with Gasteiger partial charge in [0, 0.05) is 22.5 Å². The molecule has 312 valence electrons. The number of hydrogen-bond donors (Lipinski definition) is 0. The Morgan fingerprint density at radius 1 is 0.754 bits per heavy atom. The van der Waals surface area contributed by atoms with E-state index in [1.165, 1.54) is 34.5 Å². The Hall–Kier alpha value is -2.69. The van der Waals surface area contributed by atoms with E-state index in [1.54, 1.807) is 0 Å². The van der Waals surface area contributed by atoms with Crippen molar-refractivity contribution >= 4 is 44.7 Å². The fourth-order valence-electron chi connectivity index (χ4n) is 8.29. The molecule has 5 atom stereocenters. The molecule has 1 fully saturated rings. The van der Waals surface area contributed by atoms with Crippen LogP contribution < -0.4 is 10.4 Å². The first-order valence-electron chi connectivity index (χ1n) is 21.8. The number of ether oxygens (including phenoxy) is 1. The first-order chi connectivity index (χ1) is 27.1. The summed E-state index contributed by atoms with van der Waals surface area (Å²) in [6.07, 6.45) is 18.1. The van der Waals surface area contributed by atoms with Crippen molar-refractivity contribution in [3.8, 4) is 0 Å². The van der Waals surface area contributed by atoms with E-state index in [2.05, 4.69) is 177 Å². The van der Waals surface area contributed by atoms with Crippen molar-refractivity contribution in [3.63, 3.8) is 0 Å². The van der Waals surface area contributed by atoms with Crippen molar-refractivity contribution in [2.24, 2.45) is 11.8 Å². The number of unbranched alkanes of at least 4 members (excludes halogenated alkanes) is 3. The Kier molecular flexibility index (Phi) is 18.2. The maximum atomic E-state index is 11.8. The first kappa shape index (κ1) is 47.0. The molecular formula is C50H74O4SSi2. The summed E-state index contributed by atoms with van der Waals surface area (Å²) in [6.45, 7) is 23.8. The SMILES string of the molecule is CCCCC[C@@H]1[C@H]([C@@H](/C=C\C/C=C\CCCC(=O)OCC)Sc2ccccc2)[C@@H](O[Si](c2ccccc2)(c2ccccc2)C(C)(C)C)C[C@H]1O[Si](C)(C)C(C)(C)C. The molecule has 0 unspecified atom stereocenters. The average molecular weight is 827 g/mol. The molecule has 3 aromatic rings. The summed E-state index contributed by atoms with van der Waals surface area (Å²) in [4.78, 5) is 13.1. The van der Waals surface area contributed by atoms with Crippen LogP contribution in [-0.4, -0.2) is 46.7 Å². The van der Waals surface area contributed by atoms with Crippen molar-refractivity contribution in [1.82, 2.24) is 0 Å². The van der Waals surface area contributed by atoms with E-state index in [0.717, 1.165) is 32.1 Å². The fraction of sp³-hybridized carbons (Fsp3) is 0.540. The van der Waals surface area contributed by atoms with E-state index in [4.69, 9.17) is 13.6 Å². The fourth-order valence-corrected chi connectivity index (χ4v) is 15.7. The highest BCUT2D eigenvalue weighted by Gasteiger charge is 2.57. The van der Waals surface area contributed by atoms with E-state index in [-0.39, 0.29) is 39.4 Å². The molecule has 0 bridgehead atoms. The van der Waals surface area contributed by atoms with Crippen LogP contribution in [0.1, 0.15) is 113 Å². The minimum Gasteiger partial charge on any atom is -0.466 e. The molecule has 0 aromatic heterocycles. The third-order valence-corrected chi connectivity index (χ3v) is 23.1. The van der Waals surface area contributed by atoms with Gasteiger partial charge in [0.1, 0.15) is 0 Å².